The molecule has 2 heterocycles. The first-order valence-electron chi connectivity index (χ1n) is 7.30. The average molecular weight is 327 g/mol. The van der Waals surface area contributed by atoms with Crippen molar-refractivity contribution in [3.8, 4) is 5.69 Å². The van der Waals surface area contributed by atoms with E-state index >= 15 is 0 Å². The smallest absolute Gasteiger partial charge is 0.251 e. The summed E-state index contributed by atoms with van der Waals surface area (Å²) in [6.07, 6.45) is 5.18. The summed E-state index contributed by atoms with van der Waals surface area (Å²) in [5.74, 6) is -0.0863. The van der Waals surface area contributed by atoms with Gasteiger partial charge in [-0.05, 0) is 37.1 Å². The molecule has 0 fully saturated rings. The van der Waals surface area contributed by atoms with Crippen molar-refractivity contribution in [1.29, 1.82) is 0 Å². The van der Waals surface area contributed by atoms with Crippen molar-refractivity contribution < 1.29 is 4.79 Å². The van der Waals surface area contributed by atoms with Crippen molar-refractivity contribution in [2.75, 3.05) is 12.3 Å². The van der Waals surface area contributed by atoms with Crippen molar-refractivity contribution >= 4 is 22.4 Å². The van der Waals surface area contributed by atoms with Crippen molar-refractivity contribution in [1.82, 2.24) is 20.1 Å². The molecular weight excluding hydrogens is 310 g/mol. The largest absolute Gasteiger partial charge is 0.375 e. The van der Waals surface area contributed by atoms with Gasteiger partial charge >= 0.3 is 0 Å². The maximum absolute atomic E-state index is 12.2. The van der Waals surface area contributed by atoms with E-state index in [2.05, 4.69) is 15.4 Å². The van der Waals surface area contributed by atoms with Crippen LogP contribution in [0.2, 0.25) is 0 Å². The molecule has 7 heteroatoms. The number of thiazole rings is 1. The number of amides is 1. The number of nitrogen functional groups attached to an aromatic ring is 1. The first kappa shape index (κ1) is 15.2. The van der Waals surface area contributed by atoms with Gasteiger partial charge in [0.25, 0.3) is 5.91 Å². The molecule has 0 bridgehead atoms. The summed E-state index contributed by atoms with van der Waals surface area (Å²) in [7, 11) is 0. The number of aromatic nitrogens is 3. The first-order valence-corrected chi connectivity index (χ1v) is 8.18. The van der Waals surface area contributed by atoms with Gasteiger partial charge in [-0.2, -0.15) is 5.10 Å². The Bertz CT molecular complexity index is 781. The molecule has 1 amide bonds. The lowest BCUT2D eigenvalue weighted by atomic mass is 10.2. The minimum Gasteiger partial charge on any atom is -0.375 e. The number of nitrogens with two attached hydrogens (primary N) is 1. The van der Waals surface area contributed by atoms with E-state index in [0.717, 1.165) is 24.2 Å². The number of hydrogen-bond donors (Lipinski definition) is 2. The summed E-state index contributed by atoms with van der Waals surface area (Å²) >= 11 is 1.44. The maximum Gasteiger partial charge on any atom is 0.251 e. The molecule has 3 rings (SSSR count). The van der Waals surface area contributed by atoms with Crippen LogP contribution in [0.4, 0.5) is 5.13 Å². The molecule has 3 N–H and O–H groups in total. The second-order valence-corrected chi connectivity index (χ2v) is 5.93. The summed E-state index contributed by atoms with van der Waals surface area (Å²) < 4.78 is 1.73. The molecule has 0 radical (unpaired) electrons. The number of benzene rings is 1. The summed E-state index contributed by atoms with van der Waals surface area (Å²) in [5, 5.41) is 9.62. The third-order valence-corrected chi connectivity index (χ3v) is 4.06. The third-order valence-electron chi connectivity index (χ3n) is 3.34. The molecule has 0 aliphatic carbocycles. The molecule has 0 saturated carbocycles. The topological polar surface area (TPSA) is 85.8 Å². The van der Waals surface area contributed by atoms with Gasteiger partial charge in [-0.25, -0.2) is 9.67 Å². The monoisotopic (exact) mass is 327 g/mol. The number of carbonyl (C=O) groups is 1. The van der Waals surface area contributed by atoms with Gasteiger partial charge < -0.3 is 11.1 Å². The van der Waals surface area contributed by atoms with Gasteiger partial charge in [0.1, 0.15) is 0 Å². The van der Waals surface area contributed by atoms with Crippen LogP contribution >= 0.6 is 11.3 Å². The highest BCUT2D eigenvalue weighted by molar-refractivity contribution is 7.13. The second kappa shape index (κ2) is 7.06. The molecule has 0 spiro atoms. The molecular formula is C16H17N5OS. The Balaban J connectivity index is 1.53. The lowest BCUT2D eigenvalue weighted by molar-refractivity contribution is 0.0953. The SMILES string of the molecule is Nc1nc(CCCNC(=O)c2cccc(-n3cccn3)c2)cs1. The zero-order chi connectivity index (χ0) is 16.1. The van der Waals surface area contributed by atoms with Gasteiger partial charge in [0.2, 0.25) is 0 Å². The predicted molar refractivity (Wildman–Crippen MR) is 90.7 cm³/mol. The highest BCUT2D eigenvalue weighted by Gasteiger charge is 2.07. The Kier molecular flexibility index (Phi) is 4.68. The van der Waals surface area contributed by atoms with Gasteiger partial charge in [0.15, 0.2) is 5.13 Å². The van der Waals surface area contributed by atoms with Gasteiger partial charge in [0, 0.05) is 29.9 Å². The molecule has 0 saturated heterocycles. The fourth-order valence-corrected chi connectivity index (χ4v) is 2.82. The zero-order valence-electron chi connectivity index (χ0n) is 12.5. The number of nitrogens with zero attached hydrogens (tertiary/aromatic N) is 3. The van der Waals surface area contributed by atoms with Crippen LogP contribution in [0.15, 0.2) is 48.1 Å². The maximum atomic E-state index is 12.2. The lowest BCUT2D eigenvalue weighted by Gasteiger charge is -2.07. The highest BCUT2D eigenvalue weighted by atomic mass is 32.1. The molecule has 6 nitrogen and oxygen atoms in total. The average Bonchev–Trinajstić information content (AvgIpc) is 3.23. The van der Waals surface area contributed by atoms with Crippen LogP contribution in [-0.4, -0.2) is 27.2 Å². The number of aryl methyl sites for hydroxylation is 1. The quantitative estimate of drug-likeness (QED) is 0.680. The van der Waals surface area contributed by atoms with Gasteiger partial charge in [-0.3, -0.25) is 4.79 Å². The van der Waals surface area contributed by atoms with E-state index in [4.69, 9.17) is 5.73 Å². The molecule has 0 unspecified atom stereocenters. The van der Waals surface area contributed by atoms with Gasteiger partial charge in [-0.15, -0.1) is 11.3 Å². The number of nitrogens with one attached hydrogen (secondary N) is 1. The van der Waals surface area contributed by atoms with Crippen molar-refractivity contribution in [2.24, 2.45) is 0 Å². The molecule has 0 aliphatic rings. The summed E-state index contributed by atoms with van der Waals surface area (Å²) in [5.41, 5.74) is 8.05. The van der Waals surface area contributed by atoms with Crippen molar-refractivity contribution in [3.05, 3.63) is 59.4 Å². The predicted octanol–water partition coefficient (Wildman–Crippen LogP) is 2.27. The number of rotatable bonds is 6. The standard InChI is InChI=1S/C16H17N5OS/c17-16-20-13(11-23-16)5-2-7-18-15(22)12-4-1-6-14(10-12)21-9-3-8-19-21/h1,3-4,6,8-11H,2,5,7H2,(H2,17,20)(H,18,22). The molecule has 0 aliphatic heterocycles. The van der Waals surface area contributed by atoms with Gasteiger partial charge in [0.05, 0.1) is 11.4 Å². The van der Waals surface area contributed by atoms with Gasteiger partial charge in [-0.1, -0.05) is 6.07 Å². The van der Waals surface area contributed by atoms with Crippen LogP contribution in [-0.2, 0) is 6.42 Å². The Morgan fingerprint density at radius 1 is 1.35 bits per heavy atom. The van der Waals surface area contributed by atoms with Crippen LogP contribution in [0.25, 0.3) is 5.69 Å². The van der Waals surface area contributed by atoms with E-state index in [9.17, 15) is 4.79 Å². The molecule has 1 aromatic carbocycles. The number of anilines is 1. The van der Waals surface area contributed by atoms with Crippen LogP contribution < -0.4 is 11.1 Å². The van der Waals surface area contributed by atoms with Crippen molar-refractivity contribution in [2.45, 2.75) is 12.8 Å². The fraction of sp³-hybridized carbons (Fsp3) is 0.188. The highest BCUT2D eigenvalue weighted by Crippen LogP contribution is 2.12. The van der Waals surface area contributed by atoms with E-state index in [1.807, 2.05) is 35.8 Å². The van der Waals surface area contributed by atoms with E-state index < -0.39 is 0 Å². The Labute approximate surface area is 138 Å². The van der Waals surface area contributed by atoms with Crippen LogP contribution in [0, 0.1) is 0 Å². The Morgan fingerprint density at radius 2 is 2.26 bits per heavy atom. The minimum atomic E-state index is -0.0863. The molecule has 2 aromatic heterocycles. The normalized spacial score (nSPS) is 10.6. The lowest BCUT2D eigenvalue weighted by Crippen LogP contribution is -2.24. The molecule has 23 heavy (non-hydrogen) atoms. The summed E-state index contributed by atoms with van der Waals surface area (Å²) in [6, 6.07) is 9.23. The van der Waals surface area contributed by atoms with Crippen molar-refractivity contribution in [3.63, 3.8) is 0 Å². The fourth-order valence-electron chi connectivity index (χ4n) is 2.22. The molecule has 118 valence electrons. The van der Waals surface area contributed by atoms with E-state index in [1.54, 1.807) is 16.9 Å². The number of carbonyl (C=O) groups excluding carboxylic acids is 1. The third kappa shape index (κ3) is 3.95. The molecule has 0 atom stereocenters. The van der Waals surface area contributed by atoms with E-state index in [-0.39, 0.29) is 5.91 Å². The Morgan fingerprint density at radius 3 is 3.00 bits per heavy atom. The minimum absolute atomic E-state index is 0.0863. The summed E-state index contributed by atoms with van der Waals surface area (Å²) in [4.78, 5) is 16.4. The van der Waals surface area contributed by atoms with E-state index in [1.165, 1.54) is 11.3 Å². The second-order valence-electron chi connectivity index (χ2n) is 5.04. The summed E-state index contributed by atoms with van der Waals surface area (Å²) in [6.45, 7) is 0.599. The zero-order valence-corrected chi connectivity index (χ0v) is 13.3. The Hall–Kier alpha value is -2.67. The first-order chi connectivity index (χ1) is 11.2. The van der Waals surface area contributed by atoms with Crippen LogP contribution in [0.3, 0.4) is 0 Å². The molecule has 3 aromatic rings. The van der Waals surface area contributed by atoms with Crippen LogP contribution in [0.1, 0.15) is 22.5 Å². The van der Waals surface area contributed by atoms with E-state index in [0.29, 0.717) is 17.2 Å². The number of hydrogen-bond acceptors (Lipinski definition) is 5. The van der Waals surface area contributed by atoms with Crippen LogP contribution in [0.5, 0.6) is 0 Å².